The fraction of sp³-hybridized carbons (Fsp3) is 0.0303. The van der Waals surface area contributed by atoms with Crippen LogP contribution in [0.25, 0.3) is 54.9 Å². The summed E-state index contributed by atoms with van der Waals surface area (Å²) in [6.07, 6.45) is 1.01. The van der Waals surface area contributed by atoms with E-state index in [1.54, 1.807) is 0 Å². The summed E-state index contributed by atoms with van der Waals surface area (Å²) in [5.41, 5.74) is 10.7. The Morgan fingerprint density at radius 1 is 0.333 bits per heavy atom. The van der Waals surface area contributed by atoms with Gasteiger partial charge in [0, 0.05) is 0 Å². The van der Waals surface area contributed by atoms with Gasteiger partial charge in [-0.25, -0.2) is 0 Å². The Labute approximate surface area is 193 Å². The molecule has 0 heteroatoms. The van der Waals surface area contributed by atoms with Crippen molar-refractivity contribution < 1.29 is 0 Å². The first-order valence-electron chi connectivity index (χ1n) is 11.6. The molecule has 1 aliphatic carbocycles. The van der Waals surface area contributed by atoms with Crippen LogP contribution in [0.5, 0.6) is 0 Å². The van der Waals surface area contributed by atoms with Gasteiger partial charge in [0.15, 0.2) is 0 Å². The highest BCUT2D eigenvalue weighted by Gasteiger charge is 2.20. The predicted octanol–water partition coefficient (Wildman–Crippen LogP) is 8.90. The van der Waals surface area contributed by atoms with Crippen LogP contribution < -0.4 is 0 Å². The lowest BCUT2D eigenvalue weighted by Crippen LogP contribution is -1.84. The highest BCUT2D eigenvalue weighted by Crippen LogP contribution is 2.41. The Hall–Kier alpha value is -4.16. The third-order valence-electron chi connectivity index (χ3n) is 7.06. The molecule has 154 valence electrons. The van der Waals surface area contributed by atoms with Gasteiger partial charge in [0.25, 0.3) is 0 Å². The van der Waals surface area contributed by atoms with Crippen LogP contribution in [-0.2, 0) is 6.42 Å². The Kier molecular flexibility index (Phi) is 4.01. The van der Waals surface area contributed by atoms with Crippen molar-refractivity contribution in [3.8, 4) is 33.4 Å². The summed E-state index contributed by atoms with van der Waals surface area (Å²) in [4.78, 5) is 0. The highest BCUT2D eigenvalue weighted by atomic mass is 14.2. The monoisotopic (exact) mass is 418 g/mol. The normalized spacial score (nSPS) is 12.1. The lowest BCUT2D eigenvalue weighted by Gasteiger charge is -2.10. The van der Waals surface area contributed by atoms with E-state index in [9.17, 15) is 0 Å². The maximum atomic E-state index is 2.38. The van der Waals surface area contributed by atoms with Crippen LogP contribution in [0.4, 0.5) is 0 Å². The molecule has 6 aromatic carbocycles. The molecule has 0 unspecified atom stereocenters. The largest absolute Gasteiger partial charge is 0.0616 e. The van der Waals surface area contributed by atoms with Crippen molar-refractivity contribution in [2.75, 3.05) is 0 Å². The van der Waals surface area contributed by atoms with Gasteiger partial charge in [0.2, 0.25) is 0 Å². The number of fused-ring (bicyclic) bond motifs is 5. The summed E-state index contributed by atoms with van der Waals surface area (Å²) in [7, 11) is 0. The highest BCUT2D eigenvalue weighted by molar-refractivity contribution is 5.91. The average molecular weight is 419 g/mol. The average Bonchev–Trinajstić information content (AvgIpc) is 3.25. The molecule has 0 nitrogen and oxygen atoms in total. The molecule has 6 aromatic rings. The van der Waals surface area contributed by atoms with Gasteiger partial charge in [-0.15, -0.1) is 0 Å². The quantitative estimate of drug-likeness (QED) is 0.263. The molecule has 0 bridgehead atoms. The molecule has 0 heterocycles. The van der Waals surface area contributed by atoms with Crippen molar-refractivity contribution in [3.63, 3.8) is 0 Å². The third-order valence-corrected chi connectivity index (χ3v) is 7.06. The molecule has 33 heavy (non-hydrogen) atoms. The second-order valence-corrected chi connectivity index (χ2v) is 9.04. The zero-order valence-electron chi connectivity index (χ0n) is 18.3. The molecule has 0 fully saturated rings. The van der Waals surface area contributed by atoms with Crippen LogP contribution in [0.3, 0.4) is 0 Å². The van der Waals surface area contributed by atoms with E-state index < -0.39 is 0 Å². The van der Waals surface area contributed by atoms with Crippen molar-refractivity contribution in [3.05, 3.63) is 132 Å². The van der Waals surface area contributed by atoms with Crippen molar-refractivity contribution in [2.45, 2.75) is 6.42 Å². The van der Waals surface area contributed by atoms with E-state index >= 15 is 0 Å². The van der Waals surface area contributed by atoms with E-state index in [2.05, 4.69) is 121 Å². The SMILES string of the molecule is c1ccc2cc(-c3ccc4c(c3)-c3cc(-c5ccc6ccccc6c5)ccc3C4)ccc2c1. The fourth-order valence-electron chi connectivity index (χ4n) is 5.26. The molecular weight excluding hydrogens is 396 g/mol. The summed E-state index contributed by atoms with van der Waals surface area (Å²) in [6, 6.07) is 44.6. The second-order valence-electron chi connectivity index (χ2n) is 9.04. The van der Waals surface area contributed by atoms with E-state index in [4.69, 9.17) is 0 Å². The summed E-state index contributed by atoms with van der Waals surface area (Å²) in [6.45, 7) is 0. The van der Waals surface area contributed by atoms with Gasteiger partial charge in [0.05, 0.1) is 0 Å². The van der Waals surface area contributed by atoms with Crippen molar-refractivity contribution in [1.82, 2.24) is 0 Å². The van der Waals surface area contributed by atoms with Crippen molar-refractivity contribution in [1.29, 1.82) is 0 Å². The van der Waals surface area contributed by atoms with Crippen LogP contribution in [-0.4, -0.2) is 0 Å². The molecular formula is C33H22. The summed E-state index contributed by atoms with van der Waals surface area (Å²) < 4.78 is 0. The molecule has 7 rings (SSSR count). The predicted molar refractivity (Wildman–Crippen MR) is 141 cm³/mol. The van der Waals surface area contributed by atoms with Gasteiger partial charge in [-0.3, -0.25) is 0 Å². The molecule has 1 aliphatic rings. The minimum Gasteiger partial charge on any atom is -0.0616 e. The topological polar surface area (TPSA) is 0 Å². The van der Waals surface area contributed by atoms with Crippen LogP contribution in [0.1, 0.15) is 11.1 Å². The summed E-state index contributed by atoms with van der Waals surface area (Å²) >= 11 is 0. The summed E-state index contributed by atoms with van der Waals surface area (Å²) in [5, 5.41) is 5.14. The van der Waals surface area contributed by atoms with Gasteiger partial charge in [-0.1, -0.05) is 97.1 Å². The molecule has 0 saturated heterocycles. The maximum Gasteiger partial charge on any atom is -0.00134 e. The molecule has 0 saturated carbocycles. The summed E-state index contributed by atoms with van der Waals surface area (Å²) in [5.74, 6) is 0. The zero-order chi connectivity index (χ0) is 21.8. The molecule has 0 atom stereocenters. The lowest BCUT2D eigenvalue weighted by molar-refractivity contribution is 1.26. The smallest absolute Gasteiger partial charge is 0.00134 e. The van der Waals surface area contributed by atoms with Gasteiger partial charge in [-0.2, -0.15) is 0 Å². The van der Waals surface area contributed by atoms with E-state index in [1.165, 1.54) is 66.1 Å². The van der Waals surface area contributed by atoms with Gasteiger partial charge >= 0.3 is 0 Å². The van der Waals surface area contributed by atoms with E-state index in [0.717, 1.165) is 6.42 Å². The maximum absolute atomic E-state index is 2.38. The Morgan fingerprint density at radius 3 is 1.21 bits per heavy atom. The Bertz CT molecular complexity index is 1560. The number of rotatable bonds is 2. The molecule has 0 N–H and O–H groups in total. The minimum atomic E-state index is 1.01. The minimum absolute atomic E-state index is 1.01. The lowest BCUT2D eigenvalue weighted by atomic mass is 9.95. The Morgan fingerprint density at radius 2 is 0.727 bits per heavy atom. The standard InChI is InChI=1S/C33H22/c1-3-7-24-17-26(11-9-22(24)5-1)28-13-15-30-19-31-16-14-29(21-33(31)32(30)20-28)27-12-10-23-6-2-4-8-25(23)18-27/h1-18,20-21H,19H2. The molecule has 0 radical (unpaired) electrons. The third kappa shape index (κ3) is 3.07. The molecule has 0 aromatic heterocycles. The van der Waals surface area contributed by atoms with Crippen LogP contribution in [0, 0.1) is 0 Å². The van der Waals surface area contributed by atoms with Gasteiger partial charge in [0.1, 0.15) is 0 Å². The zero-order valence-corrected chi connectivity index (χ0v) is 18.3. The van der Waals surface area contributed by atoms with E-state index in [0.29, 0.717) is 0 Å². The molecule has 0 amide bonds. The first-order valence-corrected chi connectivity index (χ1v) is 11.6. The number of hydrogen-bond donors (Lipinski definition) is 0. The fourth-order valence-corrected chi connectivity index (χ4v) is 5.26. The Balaban J connectivity index is 1.33. The molecule has 0 spiro atoms. The van der Waals surface area contributed by atoms with Gasteiger partial charge in [-0.05, 0) is 96.7 Å². The number of hydrogen-bond acceptors (Lipinski definition) is 0. The second kappa shape index (κ2) is 7.18. The van der Waals surface area contributed by atoms with Gasteiger partial charge < -0.3 is 0 Å². The first kappa shape index (κ1) is 18.4. The molecule has 0 aliphatic heterocycles. The van der Waals surface area contributed by atoms with Crippen molar-refractivity contribution >= 4 is 21.5 Å². The van der Waals surface area contributed by atoms with Crippen LogP contribution in [0.15, 0.2) is 121 Å². The number of benzene rings is 6. The van der Waals surface area contributed by atoms with E-state index in [-0.39, 0.29) is 0 Å². The van der Waals surface area contributed by atoms with E-state index in [1.807, 2.05) is 0 Å². The van der Waals surface area contributed by atoms with Crippen molar-refractivity contribution in [2.24, 2.45) is 0 Å². The first-order chi connectivity index (χ1) is 16.3. The van der Waals surface area contributed by atoms with Crippen LogP contribution >= 0.6 is 0 Å². The van der Waals surface area contributed by atoms with Crippen LogP contribution in [0.2, 0.25) is 0 Å².